The molecule has 3 aromatic rings. The number of carbonyl (C=O) groups is 1. The Morgan fingerprint density at radius 2 is 1.56 bits per heavy atom. The number of sulfonamides is 1. The third kappa shape index (κ3) is 5.23. The first-order valence-electron chi connectivity index (χ1n) is 9.78. The van der Waals surface area contributed by atoms with Gasteiger partial charge in [-0.1, -0.05) is 23.8 Å². The van der Waals surface area contributed by atoms with Crippen LogP contribution in [0.25, 0.3) is 0 Å². The molecule has 32 heavy (non-hydrogen) atoms. The van der Waals surface area contributed by atoms with Crippen molar-refractivity contribution in [1.82, 2.24) is 0 Å². The molecule has 168 valence electrons. The highest BCUT2D eigenvalue weighted by Gasteiger charge is 2.28. The molecule has 0 unspecified atom stereocenters. The lowest BCUT2D eigenvalue weighted by Gasteiger charge is -2.24. The maximum absolute atomic E-state index is 13.9. The maximum Gasteiger partial charge on any atom is 0.264 e. The number of ether oxygens (including phenoxy) is 1. The molecule has 0 saturated heterocycles. The van der Waals surface area contributed by atoms with Gasteiger partial charge in [0.05, 0.1) is 17.2 Å². The van der Waals surface area contributed by atoms with Crippen LogP contribution in [0.5, 0.6) is 5.75 Å². The van der Waals surface area contributed by atoms with E-state index in [1.807, 2.05) is 6.92 Å². The lowest BCUT2D eigenvalue weighted by atomic mass is 10.2. The number of nitrogens with one attached hydrogen (secondary N) is 1. The Labute approximate surface area is 185 Å². The zero-order valence-electron chi connectivity index (χ0n) is 17.5. The van der Waals surface area contributed by atoms with Gasteiger partial charge in [0.1, 0.15) is 29.6 Å². The van der Waals surface area contributed by atoms with E-state index in [1.165, 1.54) is 24.3 Å². The summed E-state index contributed by atoms with van der Waals surface area (Å²) < 4.78 is 60.8. The Hall–Kier alpha value is -3.46. The highest BCUT2D eigenvalue weighted by molar-refractivity contribution is 7.92. The molecule has 3 rings (SSSR count). The van der Waals surface area contributed by atoms with E-state index in [0.29, 0.717) is 12.4 Å². The summed E-state index contributed by atoms with van der Waals surface area (Å²) in [4.78, 5) is 12.6. The van der Waals surface area contributed by atoms with Gasteiger partial charge in [0, 0.05) is 0 Å². The predicted octanol–water partition coefficient (Wildman–Crippen LogP) is 4.51. The lowest BCUT2D eigenvalue weighted by molar-refractivity contribution is -0.114. The van der Waals surface area contributed by atoms with Crippen LogP contribution in [0.4, 0.5) is 20.2 Å². The van der Waals surface area contributed by atoms with Crippen LogP contribution < -0.4 is 14.4 Å². The molecule has 0 fully saturated rings. The van der Waals surface area contributed by atoms with Gasteiger partial charge in [0.15, 0.2) is 0 Å². The van der Waals surface area contributed by atoms with Gasteiger partial charge in [0.25, 0.3) is 10.0 Å². The Kier molecular flexibility index (Phi) is 7.09. The summed E-state index contributed by atoms with van der Waals surface area (Å²) in [5.74, 6) is -2.32. The summed E-state index contributed by atoms with van der Waals surface area (Å²) in [7, 11) is -4.18. The number of hydrogen-bond acceptors (Lipinski definition) is 4. The largest absolute Gasteiger partial charge is 0.494 e. The molecule has 6 nitrogen and oxygen atoms in total. The van der Waals surface area contributed by atoms with Crippen LogP contribution in [0.15, 0.2) is 71.6 Å². The number of aryl methyl sites for hydroxylation is 1. The standard InChI is InChI=1S/C23H22F2N2O4S/c1-3-31-18-11-13-19(14-12-18)32(29,30)27(17-9-7-16(2)8-10-17)15-22(28)26-23-20(24)5-4-6-21(23)25/h4-14H,3,15H2,1-2H3,(H,26,28). The Morgan fingerprint density at radius 3 is 2.12 bits per heavy atom. The average Bonchev–Trinajstić information content (AvgIpc) is 2.76. The number of anilines is 2. The van der Waals surface area contributed by atoms with Gasteiger partial charge in [-0.2, -0.15) is 0 Å². The van der Waals surface area contributed by atoms with Crippen LogP contribution in [0.3, 0.4) is 0 Å². The van der Waals surface area contributed by atoms with Crippen molar-refractivity contribution in [3.63, 3.8) is 0 Å². The number of nitrogens with zero attached hydrogens (tertiary/aromatic N) is 1. The zero-order valence-corrected chi connectivity index (χ0v) is 18.3. The molecule has 0 aromatic heterocycles. The Bertz CT molecular complexity index is 1180. The van der Waals surface area contributed by atoms with Gasteiger partial charge >= 0.3 is 0 Å². The lowest BCUT2D eigenvalue weighted by Crippen LogP contribution is -2.38. The monoisotopic (exact) mass is 460 g/mol. The minimum Gasteiger partial charge on any atom is -0.494 e. The van der Waals surface area contributed by atoms with E-state index >= 15 is 0 Å². The number of amides is 1. The van der Waals surface area contributed by atoms with E-state index in [1.54, 1.807) is 31.2 Å². The second kappa shape index (κ2) is 9.78. The molecule has 9 heteroatoms. The normalized spacial score (nSPS) is 11.1. The maximum atomic E-state index is 13.9. The first kappa shape index (κ1) is 23.2. The molecule has 3 aromatic carbocycles. The third-order valence-corrected chi connectivity index (χ3v) is 6.35. The van der Waals surface area contributed by atoms with E-state index in [4.69, 9.17) is 4.74 Å². The number of para-hydroxylation sites is 1. The molecule has 1 amide bonds. The van der Waals surface area contributed by atoms with E-state index in [2.05, 4.69) is 5.32 Å². The van der Waals surface area contributed by atoms with Gasteiger partial charge in [0.2, 0.25) is 5.91 Å². The molecule has 1 N–H and O–H groups in total. The van der Waals surface area contributed by atoms with E-state index < -0.39 is 39.8 Å². The first-order valence-corrected chi connectivity index (χ1v) is 11.2. The fraction of sp³-hybridized carbons (Fsp3) is 0.174. The van der Waals surface area contributed by atoms with Gasteiger partial charge in [-0.25, -0.2) is 17.2 Å². The summed E-state index contributed by atoms with van der Waals surface area (Å²) >= 11 is 0. The van der Waals surface area contributed by atoms with Crippen LogP contribution >= 0.6 is 0 Å². The molecule has 0 aliphatic rings. The van der Waals surface area contributed by atoms with Crippen LogP contribution in [-0.4, -0.2) is 27.5 Å². The van der Waals surface area contributed by atoms with Crippen molar-refractivity contribution in [3.8, 4) is 5.75 Å². The van der Waals surface area contributed by atoms with Gasteiger partial charge < -0.3 is 10.1 Å². The van der Waals surface area contributed by atoms with Crippen LogP contribution in [0, 0.1) is 18.6 Å². The van der Waals surface area contributed by atoms with E-state index in [-0.39, 0.29) is 10.6 Å². The number of rotatable bonds is 8. The molecule has 0 saturated carbocycles. The molecule has 0 heterocycles. The van der Waals surface area contributed by atoms with E-state index in [9.17, 15) is 22.0 Å². The van der Waals surface area contributed by atoms with Crippen LogP contribution in [0.2, 0.25) is 0 Å². The summed E-state index contributed by atoms with van der Waals surface area (Å²) in [5.41, 5.74) is 0.485. The summed E-state index contributed by atoms with van der Waals surface area (Å²) in [6, 6.07) is 15.4. The highest BCUT2D eigenvalue weighted by Crippen LogP contribution is 2.26. The van der Waals surface area contributed by atoms with Crippen molar-refractivity contribution in [2.45, 2.75) is 18.7 Å². The van der Waals surface area contributed by atoms with Gasteiger partial charge in [-0.15, -0.1) is 0 Å². The summed E-state index contributed by atoms with van der Waals surface area (Å²) in [6.07, 6.45) is 0. The Balaban J connectivity index is 1.95. The molecule has 0 radical (unpaired) electrons. The van der Waals surface area contributed by atoms with Crippen LogP contribution in [-0.2, 0) is 14.8 Å². The second-order valence-electron chi connectivity index (χ2n) is 6.90. The van der Waals surface area contributed by atoms with Crippen LogP contribution in [0.1, 0.15) is 12.5 Å². The van der Waals surface area contributed by atoms with Crippen molar-refractivity contribution >= 4 is 27.3 Å². The topological polar surface area (TPSA) is 75.7 Å². The number of carbonyl (C=O) groups excluding carboxylic acids is 1. The third-order valence-electron chi connectivity index (χ3n) is 4.56. The fourth-order valence-electron chi connectivity index (χ4n) is 2.95. The highest BCUT2D eigenvalue weighted by atomic mass is 32.2. The SMILES string of the molecule is CCOc1ccc(S(=O)(=O)N(CC(=O)Nc2c(F)cccc2F)c2ccc(C)cc2)cc1. The quantitative estimate of drug-likeness (QED) is 0.537. The predicted molar refractivity (Wildman–Crippen MR) is 118 cm³/mol. The zero-order chi connectivity index (χ0) is 23.3. The van der Waals surface area contributed by atoms with Crippen molar-refractivity contribution in [2.75, 3.05) is 22.8 Å². The minimum atomic E-state index is -4.18. The molecule has 0 aliphatic heterocycles. The Morgan fingerprint density at radius 1 is 0.969 bits per heavy atom. The van der Waals surface area contributed by atoms with Crippen molar-refractivity contribution in [2.24, 2.45) is 0 Å². The smallest absolute Gasteiger partial charge is 0.264 e. The number of hydrogen-bond donors (Lipinski definition) is 1. The van der Waals surface area contributed by atoms with E-state index in [0.717, 1.165) is 28.1 Å². The summed E-state index contributed by atoms with van der Waals surface area (Å²) in [6.45, 7) is 3.38. The second-order valence-corrected chi connectivity index (χ2v) is 8.76. The minimum absolute atomic E-state index is 0.0635. The first-order chi connectivity index (χ1) is 15.2. The molecular formula is C23H22F2N2O4S. The van der Waals surface area contributed by atoms with Gasteiger partial charge in [-0.3, -0.25) is 9.10 Å². The molecule has 0 atom stereocenters. The fourth-order valence-corrected chi connectivity index (χ4v) is 4.38. The molecule has 0 bridgehead atoms. The van der Waals surface area contributed by atoms with Gasteiger partial charge in [-0.05, 0) is 62.4 Å². The number of benzene rings is 3. The van der Waals surface area contributed by atoms with Crippen molar-refractivity contribution in [1.29, 1.82) is 0 Å². The number of halogens is 2. The average molecular weight is 461 g/mol. The van der Waals surface area contributed by atoms with Crippen molar-refractivity contribution < 1.29 is 26.7 Å². The molecule has 0 aliphatic carbocycles. The molecular weight excluding hydrogens is 438 g/mol. The van der Waals surface area contributed by atoms with Crippen molar-refractivity contribution in [3.05, 3.63) is 83.9 Å². The molecule has 0 spiro atoms. The summed E-state index contributed by atoms with van der Waals surface area (Å²) in [5, 5.41) is 2.12.